The van der Waals surface area contributed by atoms with Crippen LogP contribution < -0.4 is 27.4 Å². The molecule has 1 aromatic rings. The molecule has 0 unspecified atom stereocenters. The lowest BCUT2D eigenvalue weighted by atomic mass is 10.0. The molecule has 0 saturated carbocycles. The van der Waals surface area contributed by atoms with Crippen LogP contribution in [0.25, 0.3) is 0 Å². The Balaban J connectivity index is 3.07. The summed E-state index contributed by atoms with van der Waals surface area (Å²) < 4.78 is 0. The predicted molar refractivity (Wildman–Crippen MR) is 139 cm³/mol. The number of carbonyl (C=O) groups excluding carboxylic acids is 3. The molecule has 202 valence electrons. The Labute approximate surface area is 213 Å². The standard InChI is InChI=1S/C26H43N5O5/c1-4-5-13-19(29-25(34)22(28)17(2)3)23(32)31-21(16-18-11-7-6-8-12-18)24(33)30-20(26(35)36)14-9-10-15-27/h6-8,11-12,17,19-22H,4-5,9-10,13-16,27-28H2,1-3H3,(H,29,34)(H,30,33)(H,31,32)(H,35,36)/t19-,20-,21-,22-/m0/s1. The summed E-state index contributed by atoms with van der Waals surface area (Å²) in [6.45, 7) is 6.04. The smallest absolute Gasteiger partial charge is 0.326 e. The molecule has 4 atom stereocenters. The van der Waals surface area contributed by atoms with Gasteiger partial charge in [-0.1, -0.05) is 63.9 Å². The van der Waals surface area contributed by atoms with Gasteiger partial charge in [0.25, 0.3) is 0 Å². The van der Waals surface area contributed by atoms with Gasteiger partial charge in [-0.05, 0) is 43.7 Å². The molecule has 3 amide bonds. The molecule has 10 heteroatoms. The number of carboxylic acids is 1. The second-order valence-electron chi connectivity index (χ2n) is 9.41. The number of nitrogens with one attached hydrogen (secondary N) is 3. The van der Waals surface area contributed by atoms with Gasteiger partial charge in [0.05, 0.1) is 6.04 Å². The van der Waals surface area contributed by atoms with Crippen molar-refractivity contribution in [3.63, 3.8) is 0 Å². The Morgan fingerprint density at radius 2 is 1.39 bits per heavy atom. The molecule has 0 aliphatic carbocycles. The van der Waals surface area contributed by atoms with E-state index in [9.17, 15) is 24.3 Å². The van der Waals surface area contributed by atoms with Crippen LogP contribution in [0.15, 0.2) is 30.3 Å². The number of amides is 3. The van der Waals surface area contributed by atoms with Crippen LogP contribution >= 0.6 is 0 Å². The van der Waals surface area contributed by atoms with E-state index in [4.69, 9.17) is 11.5 Å². The number of hydrogen-bond acceptors (Lipinski definition) is 6. The fourth-order valence-corrected chi connectivity index (χ4v) is 3.60. The van der Waals surface area contributed by atoms with Crippen molar-refractivity contribution < 1.29 is 24.3 Å². The maximum atomic E-state index is 13.2. The van der Waals surface area contributed by atoms with Crippen molar-refractivity contribution >= 4 is 23.7 Å². The van der Waals surface area contributed by atoms with Crippen molar-refractivity contribution in [3.05, 3.63) is 35.9 Å². The molecule has 10 nitrogen and oxygen atoms in total. The Morgan fingerprint density at radius 3 is 1.94 bits per heavy atom. The molecule has 8 N–H and O–H groups in total. The molecule has 36 heavy (non-hydrogen) atoms. The van der Waals surface area contributed by atoms with E-state index in [1.54, 1.807) is 0 Å². The molecule has 0 bridgehead atoms. The number of hydrogen-bond donors (Lipinski definition) is 6. The second-order valence-corrected chi connectivity index (χ2v) is 9.41. The van der Waals surface area contributed by atoms with Crippen molar-refractivity contribution in [2.24, 2.45) is 17.4 Å². The van der Waals surface area contributed by atoms with Gasteiger partial charge < -0.3 is 32.5 Å². The molecule has 0 radical (unpaired) electrons. The molecule has 0 aliphatic heterocycles. The first-order valence-electron chi connectivity index (χ1n) is 12.7. The van der Waals surface area contributed by atoms with Gasteiger partial charge in [-0.2, -0.15) is 0 Å². The van der Waals surface area contributed by atoms with Gasteiger partial charge in [-0.25, -0.2) is 4.79 Å². The minimum atomic E-state index is -1.15. The average Bonchev–Trinajstić information content (AvgIpc) is 2.85. The van der Waals surface area contributed by atoms with Crippen LogP contribution in [0.3, 0.4) is 0 Å². The Morgan fingerprint density at radius 1 is 0.833 bits per heavy atom. The topological polar surface area (TPSA) is 177 Å². The van der Waals surface area contributed by atoms with Crippen LogP contribution in [-0.4, -0.2) is 59.5 Å². The maximum absolute atomic E-state index is 13.2. The number of unbranched alkanes of at least 4 members (excludes halogenated alkanes) is 2. The van der Waals surface area contributed by atoms with E-state index in [0.717, 1.165) is 12.0 Å². The minimum Gasteiger partial charge on any atom is -0.480 e. The van der Waals surface area contributed by atoms with Crippen LogP contribution in [0, 0.1) is 5.92 Å². The van der Waals surface area contributed by atoms with Gasteiger partial charge in [-0.3, -0.25) is 14.4 Å². The summed E-state index contributed by atoms with van der Waals surface area (Å²) in [6.07, 6.45) is 3.46. The molecular formula is C26H43N5O5. The third-order valence-electron chi connectivity index (χ3n) is 5.98. The van der Waals surface area contributed by atoms with Gasteiger partial charge in [-0.15, -0.1) is 0 Å². The molecule has 0 spiro atoms. The average molecular weight is 506 g/mol. The quantitative estimate of drug-likeness (QED) is 0.171. The number of benzene rings is 1. The van der Waals surface area contributed by atoms with E-state index in [1.807, 2.05) is 51.1 Å². The molecule has 1 rings (SSSR count). The number of rotatable bonds is 17. The minimum absolute atomic E-state index is 0.108. The second kappa shape index (κ2) is 16.6. The molecule has 0 aromatic heterocycles. The van der Waals surface area contributed by atoms with Crippen LogP contribution in [0.1, 0.15) is 64.9 Å². The van der Waals surface area contributed by atoms with Crippen molar-refractivity contribution in [2.45, 2.75) is 89.9 Å². The lowest BCUT2D eigenvalue weighted by Gasteiger charge is -2.26. The van der Waals surface area contributed by atoms with Gasteiger partial charge in [0.2, 0.25) is 17.7 Å². The summed E-state index contributed by atoms with van der Waals surface area (Å²) in [6, 6.07) is 5.34. The molecule has 0 aliphatic rings. The molecule has 1 aromatic carbocycles. The lowest BCUT2D eigenvalue weighted by molar-refractivity contribution is -0.142. The summed E-state index contributed by atoms with van der Waals surface area (Å²) in [5.41, 5.74) is 12.2. The first-order valence-corrected chi connectivity index (χ1v) is 12.7. The number of aliphatic carboxylic acids is 1. The van der Waals surface area contributed by atoms with Crippen LogP contribution in [0.4, 0.5) is 0 Å². The van der Waals surface area contributed by atoms with Crippen molar-refractivity contribution in [1.29, 1.82) is 0 Å². The molecular weight excluding hydrogens is 462 g/mol. The monoisotopic (exact) mass is 505 g/mol. The van der Waals surface area contributed by atoms with E-state index < -0.39 is 47.9 Å². The van der Waals surface area contributed by atoms with E-state index in [-0.39, 0.29) is 18.8 Å². The highest BCUT2D eigenvalue weighted by atomic mass is 16.4. The third kappa shape index (κ3) is 11.2. The highest BCUT2D eigenvalue weighted by Gasteiger charge is 2.30. The summed E-state index contributed by atoms with van der Waals surface area (Å²) in [5, 5.41) is 17.6. The number of nitrogens with two attached hydrogens (primary N) is 2. The van der Waals surface area contributed by atoms with Crippen molar-refractivity contribution in [2.75, 3.05) is 6.54 Å². The third-order valence-corrected chi connectivity index (χ3v) is 5.98. The highest BCUT2D eigenvalue weighted by molar-refractivity contribution is 5.94. The largest absolute Gasteiger partial charge is 0.480 e. The zero-order valence-electron chi connectivity index (χ0n) is 21.7. The first-order chi connectivity index (χ1) is 17.1. The summed E-state index contributed by atoms with van der Waals surface area (Å²) in [7, 11) is 0. The van der Waals surface area contributed by atoms with Gasteiger partial charge in [0.1, 0.15) is 18.1 Å². The molecule has 0 saturated heterocycles. The highest BCUT2D eigenvalue weighted by Crippen LogP contribution is 2.09. The van der Waals surface area contributed by atoms with Gasteiger partial charge in [0, 0.05) is 6.42 Å². The van der Waals surface area contributed by atoms with Gasteiger partial charge >= 0.3 is 5.97 Å². The maximum Gasteiger partial charge on any atom is 0.326 e. The fourth-order valence-electron chi connectivity index (χ4n) is 3.60. The number of carbonyl (C=O) groups is 4. The van der Waals surface area contributed by atoms with Crippen LogP contribution in [0.2, 0.25) is 0 Å². The Kier molecular flexibility index (Phi) is 14.4. The van der Waals surface area contributed by atoms with Crippen LogP contribution in [0.5, 0.6) is 0 Å². The van der Waals surface area contributed by atoms with Crippen molar-refractivity contribution in [1.82, 2.24) is 16.0 Å². The van der Waals surface area contributed by atoms with E-state index in [1.165, 1.54) is 0 Å². The van der Waals surface area contributed by atoms with E-state index in [2.05, 4.69) is 16.0 Å². The van der Waals surface area contributed by atoms with E-state index in [0.29, 0.717) is 32.2 Å². The molecule has 0 heterocycles. The summed E-state index contributed by atoms with van der Waals surface area (Å²) in [4.78, 5) is 50.7. The Hall–Kier alpha value is -2.98. The summed E-state index contributed by atoms with van der Waals surface area (Å²) >= 11 is 0. The molecule has 0 fully saturated rings. The van der Waals surface area contributed by atoms with E-state index >= 15 is 0 Å². The fraction of sp³-hybridized carbons (Fsp3) is 0.615. The first kappa shape index (κ1) is 31.1. The summed E-state index contributed by atoms with van der Waals surface area (Å²) in [5.74, 6) is -2.81. The lowest BCUT2D eigenvalue weighted by Crippen LogP contribution is -2.58. The van der Waals surface area contributed by atoms with Gasteiger partial charge in [0.15, 0.2) is 0 Å². The normalized spacial score (nSPS) is 14.4. The predicted octanol–water partition coefficient (Wildman–Crippen LogP) is 1.07. The zero-order chi connectivity index (χ0) is 27.1. The Bertz CT molecular complexity index is 833. The van der Waals surface area contributed by atoms with Crippen LogP contribution in [-0.2, 0) is 25.6 Å². The number of carboxylic acid groups (broad SMARTS) is 1. The SMILES string of the molecule is CCCC[C@H](NC(=O)[C@@H](N)C(C)C)C(=O)N[C@@H](Cc1ccccc1)C(=O)N[C@@H](CCCCN)C(=O)O. The van der Waals surface area contributed by atoms with Crippen molar-refractivity contribution in [3.8, 4) is 0 Å². The zero-order valence-corrected chi connectivity index (χ0v) is 21.7.